The highest BCUT2D eigenvalue weighted by Gasteiger charge is 2.43. The number of hydrogen-bond acceptors (Lipinski definition) is 3. The molecule has 0 bridgehead atoms. The number of carbonyl (C=O) groups excluding carboxylic acids is 2. The number of rotatable bonds is 5. The van der Waals surface area contributed by atoms with Crippen LogP contribution >= 0.6 is 0 Å². The van der Waals surface area contributed by atoms with Crippen LogP contribution in [0.15, 0.2) is 43.0 Å². The lowest BCUT2D eigenvalue weighted by Gasteiger charge is -2.41. The van der Waals surface area contributed by atoms with Gasteiger partial charge in [0.1, 0.15) is 0 Å². The maximum absolute atomic E-state index is 13.1. The number of likely N-dealkylation sites (tertiary alicyclic amines) is 1. The van der Waals surface area contributed by atoms with E-state index >= 15 is 0 Å². The standard InChI is InChI=1S/C20H26N2O3/c1-2-18(24)22-10-8-20(9-11-22,16-6-4-3-5-7-16)19(25)21-14-15-12-17(23)13-15/h2-7,15,17,23H,1,8-14H2,(H,21,25). The molecule has 1 aliphatic heterocycles. The zero-order valence-corrected chi connectivity index (χ0v) is 14.5. The number of aliphatic hydroxyl groups is 1. The number of piperidine rings is 1. The fraction of sp³-hybridized carbons (Fsp3) is 0.500. The van der Waals surface area contributed by atoms with E-state index in [0.29, 0.717) is 38.4 Å². The molecule has 0 atom stereocenters. The third-order valence-corrected chi connectivity index (χ3v) is 5.63. The van der Waals surface area contributed by atoms with Crippen LogP contribution in [0.5, 0.6) is 0 Å². The molecule has 1 aromatic rings. The van der Waals surface area contributed by atoms with E-state index in [0.717, 1.165) is 18.4 Å². The molecule has 2 amide bonds. The number of nitrogens with zero attached hydrogens (tertiary/aromatic N) is 1. The number of benzene rings is 1. The summed E-state index contributed by atoms with van der Waals surface area (Å²) in [6.07, 6.45) is 3.86. The third-order valence-electron chi connectivity index (χ3n) is 5.63. The van der Waals surface area contributed by atoms with Crippen LogP contribution in [0.2, 0.25) is 0 Å². The van der Waals surface area contributed by atoms with E-state index in [4.69, 9.17) is 0 Å². The molecular formula is C20H26N2O3. The molecule has 0 spiro atoms. The fourth-order valence-corrected chi connectivity index (χ4v) is 3.92. The fourth-order valence-electron chi connectivity index (χ4n) is 3.92. The van der Waals surface area contributed by atoms with Gasteiger partial charge in [-0.2, -0.15) is 0 Å². The summed E-state index contributed by atoms with van der Waals surface area (Å²) in [5.41, 5.74) is 0.411. The van der Waals surface area contributed by atoms with Crippen LogP contribution in [0.3, 0.4) is 0 Å². The van der Waals surface area contributed by atoms with Crippen molar-refractivity contribution in [1.29, 1.82) is 0 Å². The number of nitrogens with one attached hydrogen (secondary N) is 1. The van der Waals surface area contributed by atoms with Crippen LogP contribution in [-0.4, -0.2) is 47.6 Å². The Kier molecular flexibility index (Phi) is 5.23. The number of hydrogen-bond donors (Lipinski definition) is 2. The van der Waals surface area contributed by atoms with E-state index in [-0.39, 0.29) is 17.9 Å². The predicted molar refractivity (Wildman–Crippen MR) is 95.9 cm³/mol. The van der Waals surface area contributed by atoms with E-state index in [1.807, 2.05) is 30.3 Å². The maximum Gasteiger partial charge on any atom is 0.245 e. The minimum absolute atomic E-state index is 0.0331. The third kappa shape index (κ3) is 3.61. The Labute approximate surface area is 148 Å². The molecule has 0 radical (unpaired) electrons. The highest BCUT2D eigenvalue weighted by Crippen LogP contribution is 2.36. The molecule has 1 aromatic carbocycles. The van der Waals surface area contributed by atoms with Crippen molar-refractivity contribution < 1.29 is 14.7 Å². The Morgan fingerprint density at radius 2 is 1.88 bits per heavy atom. The van der Waals surface area contributed by atoms with Crippen LogP contribution < -0.4 is 5.32 Å². The van der Waals surface area contributed by atoms with Crippen molar-refractivity contribution in [2.45, 2.75) is 37.2 Å². The smallest absolute Gasteiger partial charge is 0.245 e. The summed E-state index contributed by atoms with van der Waals surface area (Å²) >= 11 is 0. The van der Waals surface area contributed by atoms with Gasteiger partial charge in [-0.15, -0.1) is 0 Å². The molecule has 1 saturated heterocycles. The summed E-state index contributed by atoms with van der Waals surface area (Å²) in [5, 5.41) is 12.5. The Bertz CT molecular complexity index is 630. The van der Waals surface area contributed by atoms with Gasteiger partial charge in [-0.25, -0.2) is 0 Å². The van der Waals surface area contributed by atoms with Crippen molar-refractivity contribution in [3.05, 3.63) is 48.6 Å². The van der Waals surface area contributed by atoms with Gasteiger partial charge in [0.2, 0.25) is 11.8 Å². The van der Waals surface area contributed by atoms with Crippen LogP contribution in [0.1, 0.15) is 31.2 Å². The Balaban J connectivity index is 1.73. The zero-order chi connectivity index (χ0) is 17.9. The Hall–Kier alpha value is -2.14. The molecule has 0 unspecified atom stereocenters. The molecule has 134 valence electrons. The minimum Gasteiger partial charge on any atom is -0.393 e. The molecule has 5 nitrogen and oxygen atoms in total. The normalized spacial score (nSPS) is 24.9. The van der Waals surface area contributed by atoms with E-state index in [1.165, 1.54) is 6.08 Å². The SMILES string of the molecule is C=CC(=O)N1CCC(C(=O)NCC2CC(O)C2)(c2ccccc2)CC1. The van der Waals surface area contributed by atoms with Crippen molar-refractivity contribution in [2.75, 3.05) is 19.6 Å². The average Bonchev–Trinajstić information content (AvgIpc) is 2.64. The van der Waals surface area contributed by atoms with Gasteiger partial charge in [0.25, 0.3) is 0 Å². The highest BCUT2D eigenvalue weighted by molar-refractivity contribution is 5.90. The number of aliphatic hydroxyl groups excluding tert-OH is 1. The van der Waals surface area contributed by atoms with Crippen LogP contribution in [0.25, 0.3) is 0 Å². The second-order valence-electron chi connectivity index (χ2n) is 7.18. The minimum atomic E-state index is -0.596. The second-order valence-corrected chi connectivity index (χ2v) is 7.18. The molecule has 1 heterocycles. The van der Waals surface area contributed by atoms with Gasteiger partial charge in [-0.3, -0.25) is 9.59 Å². The maximum atomic E-state index is 13.1. The molecule has 1 saturated carbocycles. The molecule has 5 heteroatoms. The van der Waals surface area contributed by atoms with Crippen molar-refractivity contribution in [3.8, 4) is 0 Å². The first-order valence-electron chi connectivity index (χ1n) is 8.98. The van der Waals surface area contributed by atoms with Gasteiger partial charge in [-0.05, 0) is 43.2 Å². The van der Waals surface area contributed by atoms with Crippen molar-refractivity contribution in [1.82, 2.24) is 10.2 Å². The first-order chi connectivity index (χ1) is 12.0. The summed E-state index contributed by atoms with van der Waals surface area (Å²) < 4.78 is 0. The molecule has 2 N–H and O–H groups in total. The lowest BCUT2D eigenvalue weighted by molar-refractivity contribution is -0.134. The van der Waals surface area contributed by atoms with E-state index in [2.05, 4.69) is 11.9 Å². The van der Waals surface area contributed by atoms with E-state index < -0.39 is 5.41 Å². The van der Waals surface area contributed by atoms with E-state index in [9.17, 15) is 14.7 Å². The molecule has 1 aliphatic carbocycles. The summed E-state index contributed by atoms with van der Waals surface area (Å²) in [6, 6.07) is 9.85. The topological polar surface area (TPSA) is 69.6 Å². The molecule has 25 heavy (non-hydrogen) atoms. The van der Waals surface area contributed by atoms with Gasteiger partial charge in [0.15, 0.2) is 0 Å². The first-order valence-corrected chi connectivity index (χ1v) is 8.98. The second kappa shape index (κ2) is 7.40. The largest absolute Gasteiger partial charge is 0.393 e. The van der Waals surface area contributed by atoms with Gasteiger partial charge >= 0.3 is 0 Å². The lowest BCUT2D eigenvalue weighted by atomic mass is 9.71. The van der Waals surface area contributed by atoms with Gasteiger partial charge in [0.05, 0.1) is 11.5 Å². The summed E-state index contributed by atoms with van der Waals surface area (Å²) in [7, 11) is 0. The average molecular weight is 342 g/mol. The van der Waals surface area contributed by atoms with Crippen molar-refractivity contribution in [2.24, 2.45) is 5.92 Å². The monoisotopic (exact) mass is 342 g/mol. The predicted octanol–water partition coefficient (Wildman–Crippen LogP) is 1.62. The van der Waals surface area contributed by atoms with Crippen molar-refractivity contribution in [3.63, 3.8) is 0 Å². The molecule has 2 aliphatic rings. The summed E-state index contributed by atoms with van der Waals surface area (Å²) in [5.74, 6) is 0.325. The quantitative estimate of drug-likeness (QED) is 0.799. The Morgan fingerprint density at radius 3 is 2.44 bits per heavy atom. The van der Waals surface area contributed by atoms with E-state index in [1.54, 1.807) is 4.90 Å². The summed E-state index contributed by atoms with van der Waals surface area (Å²) in [4.78, 5) is 26.7. The van der Waals surface area contributed by atoms with Gasteiger partial charge < -0.3 is 15.3 Å². The molecular weight excluding hydrogens is 316 g/mol. The van der Waals surface area contributed by atoms with Gasteiger partial charge in [0, 0.05) is 19.6 Å². The van der Waals surface area contributed by atoms with Crippen LogP contribution in [0, 0.1) is 5.92 Å². The Morgan fingerprint density at radius 1 is 1.24 bits per heavy atom. The van der Waals surface area contributed by atoms with Crippen LogP contribution in [0.4, 0.5) is 0 Å². The number of carbonyl (C=O) groups is 2. The highest BCUT2D eigenvalue weighted by atomic mass is 16.3. The zero-order valence-electron chi connectivity index (χ0n) is 14.5. The molecule has 0 aromatic heterocycles. The van der Waals surface area contributed by atoms with Crippen LogP contribution in [-0.2, 0) is 15.0 Å². The van der Waals surface area contributed by atoms with Crippen molar-refractivity contribution >= 4 is 11.8 Å². The molecule has 2 fully saturated rings. The van der Waals surface area contributed by atoms with Gasteiger partial charge in [-0.1, -0.05) is 36.9 Å². The summed E-state index contributed by atoms with van der Waals surface area (Å²) in [6.45, 7) is 5.26. The molecule has 3 rings (SSSR count). The number of amides is 2. The lowest BCUT2D eigenvalue weighted by Crippen LogP contribution is -2.53. The first kappa shape index (κ1) is 17.7.